The lowest BCUT2D eigenvalue weighted by Gasteiger charge is -2.18. The van der Waals surface area contributed by atoms with Crippen molar-refractivity contribution in [3.8, 4) is 0 Å². The number of aryl methyl sites for hydroxylation is 1. The number of nitrogens with zero attached hydrogens (tertiary/aromatic N) is 1. The van der Waals surface area contributed by atoms with Crippen LogP contribution >= 0.6 is 11.6 Å². The Labute approximate surface area is 109 Å². The van der Waals surface area contributed by atoms with Crippen LogP contribution in [0.15, 0.2) is 24.3 Å². The fraction of sp³-hybridized carbons (Fsp3) is 0.500. The maximum atomic E-state index is 11.9. The number of alkyl halides is 1. The van der Waals surface area contributed by atoms with Gasteiger partial charge in [0.15, 0.2) is 0 Å². The Morgan fingerprint density at radius 2 is 2.18 bits per heavy atom. The summed E-state index contributed by atoms with van der Waals surface area (Å²) in [6.45, 7) is 4.70. The summed E-state index contributed by atoms with van der Waals surface area (Å²) in [5.41, 5.74) is 2.26. The topological polar surface area (TPSA) is 20.3 Å². The highest BCUT2D eigenvalue weighted by molar-refractivity contribution is 6.20. The van der Waals surface area contributed by atoms with Gasteiger partial charge in [-0.05, 0) is 25.8 Å². The lowest BCUT2D eigenvalue weighted by molar-refractivity contribution is -0.129. The predicted octanol–water partition coefficient (Wildman–Crippen LogP) is 3.01. The van der Waals surface area contributed by atoms with Gasteiger partial charge in [-0.15, -0.1) is 11.6 Å². The van der Waals surface area contributed by atoms with Crippen LogP contribution in [-0.2, 0) is 11.2 Å². The number of rotatable bonds is 5. The minimum Gasteiger partial charge on any atom is -0.345 e. The van der Waals surface area contributed by atoms with Crippen LogP contribution in [0.5, 0.6) is 0 Å². The Morgan fingerprint density at radius 1 is 1.47 bits per heavy atom. The molecule has 0 aliphatic carbocycles. The maximum Gasteiger partial charge on any atom is 0.226 e. The van der Waals surface area contributed by atoms with Gasteiger partial charge in [0.25, 0.3) is 0 Å². The second-order valence-electron chi connectivity index (χ2n) is 4.55. The molecular weight excluding hydrogens is 234 g/mol. The van der Waals surface area contributed by atoms with E-state index in [0.29, 0.717) is 6.42 Å². The monoisotopic (exact) mass is 253 g/mol. The average molecular weight is 254 g/mol. The first kappa shape index (κ1) is 14.0. The second kappa shape index (κ2) is 6.65. The Balaban J connectivity index is 2.48. The molecule has 0 heterocycles. The molecule has 1 atom stereocenters. The summed E-state index contributed by atoms with van der Waals surface area (Å²) in [4.78, 5) is 13.7. The smallest absolute Gasteiger partial charge is 0.226 e. The van der Waals surface area contributed by atoms with E-state index < -0.39 is 0 Å². The first-order valence-corrected chi connectivity index (χ1v) is 6.36. The fourth-order valence-electron chi connectivity index (χ4n) is 1.63. The minimum absolute atomic E-state index is 0.115. The number of likely N-dealkylation sites (N-methyl/N-ethyl adjacent to an activating group) is 1. The normalized spacial score (nSPS) is 12.2. The van der Waals surface area contributed by atoms with E-state index in [4.69, 9.17) is 11.6 Å². The van der Waals surface area contributed by atoms with Crippen molar-refractivity contribution >= 4 is 17.5 Å². The van der Waals surface area contributed by atoms with E-state index in [0.717, 1.165) is 18.5 Å². The molecule has 0 bridgehead atoms. The highest BCUT2D eigenvalue weighted by atomic mass is 35.5. The largest absolute Gasteiger partial charge is 0.345 e. The lowest BCUT2D eigenvalue weighted by atomic mass is 10.1. The van der Waals surface area contributed by atoms with E-state index >= 15 is 0 Å². The van der Waals surface area contributed by atoms with Crippen molar-refractivity contribution in [2.24, 2.45) is 0 Å². The average Bonchev–Trinajstić information content (AvgIpc) is 2.25. The molecule has 3 heteroatoms. The molecule has 2 nitrogen and oxygen atoms in total. The molecule has 0 aliphatic heterocycles. The highest BCUT2D eigenvalue weighted by Gasteiger charge is 2.10. The Hall–Kier alpha value is -1.02. The molecule has 0 aliphatic rings. The van der Waals surface area contributed by atoms with Crippen LogP contribution in [0.4, 0.5) is 0 Å². The molecule has 0 radical (unpaired) electrons. The number of carbonyl (C=O) groups is 1. The van der Waals surface area contributed by atoms with Crippen LogP contribution in [0.3, 0.4) is 0 Å². The van der Waals surface area contributed by atoms with E-state index in [9.17, 15) is 4.79 Å². The SMILES string of the molecule is Cc1cccc(CC(=O)N(C)CCC(C)Cl)c1. The van der Waals surface area contributed by atoms with E-state index in [1.165, 1.54) is 5.56 Å². The zero-order valence-corrected chi connectivity index (χ0v) is 11.5. The molecule has 1 rings (SSSR count). The van der Waals surface area contributed by atoms with Crippen LogP contribution in [0, 0.1) is 6.92 Å². The molecule has 0 saturated carbocycles. The standard InChI is InChI=1S/C14H20ClNO/c1-11-5-4-6-13(9-11)10-14(17)16(3)8-7-12(2)15/h4-6,9,12H,7-8,10H2,1-3H3. The van der Waals surface area contributed by atoms with Crippen LogP contribution in [0.2, 0.25) is 0 Å². The van der Waals surface area contributed by atoms with Crippen molar-refractivity contribution < 1.29 is 4.79 Å². The maximum absolute atomic E-state index is 11.9. The Kier molecular flexibility index (Phi) is 5.49. The number of hydrogen-bond acceptors (Lipinski definition) is 1. The van der Waals surface area contributed by atoms with Crippen molar-refractivity contribution in [3.63, 3.8) is 0 Å². The van der Waals surface area contributed by atoms with Crippen molar-refractivity contribution in [1.82, 2.24) is 4.90 Å². The molecule has 1 amide bonds. The summed E-state index contributed by atoms with van der Waals surface area (Å²) in [6, 6.07) is 8.06. The molecule has 0 saturated heterocycles. The third-order valence-corrected chi connectivity index (χ3v) is 2.94. The zero-order chi connectivity index (χ0) is 12.8. The fourth-order valence-corrected chi connectivity index (χ4v) is 1.73. The number of hydrogen-bond donors (Lipinski definition) is 0. The van der Waals surface area contributed by atoms with Gasteiger partial charge < -0.3 is 4.90 Å². The van der Waals surface area contributed by atoms with Crippen LogP contribution < -0.4 is 0 Å². The Bertz CT molecular complexity index is 376. The Morgan fingerprint density at radius 3 is 2.76 bits per heavy atom. The van der Waals surface area contributed by atoms with Crippen molar-refractivity contribution in [1.29, 1.82) is 0 Å². The molecule has 94 valence electrons. The van der Waals surface area contributed by atoms with Gasteiger partial charge in [0.2, 0.25) is 5.91 Å². The predicted molar refractivity (Wildman–Crippen MR) is 72.5 cm³/mol. The van der Waals surface area contributed by atoms with E-state index in [-0.39, 0.29) is 11.3 Å². The highest BCUT2D eigenvalue weighted by Crippen LogP contribution is 2.07. The number of carbonyl (C=O) groups excluding carboxylic acids is 1. The summed E-state index contributed by atoms with van der Waals surface area (Å²) < 4.78 is 0. The van der Waals surface area contributed by atoms with Gasteiger partial charge in [-0.3, -0.25) is 4.79 Å². The first-order valence-electron chi connectivity index (χ1n) is 5.92. The quantitative estimate of drug-likeness (QED) is 0.739. The molecule has 0 spiro atoms. The zero-order valence-electron chi connectivity index (χ0n) is 10.7. The molecule has 1 aromatic rings. The van der Waals surface area contributed by atoms with Crippen LogP contribution in [0.1, 0.15) is 24.5 Å². The van der Waals surface area contributed by atoms with Gasteiger partial charge >= 0.3 is 0 Å². The molecular formula is C14H20ClNO. The van der Waals surface area contributed by atoms with Gasteiger partial charge in [-0.2, -0.15) is 0 Å². The van der Waals surface area contributed by atoms with Crippen molar-refractivity contribution in [2.75, 3.05) is 13.6 Å². The molecule has 0 aromatic heterocycles. The lowest BCUT2D eigenvalue weighted by Crippen LogP contribution is -2.30. The van der Waals surface area contributed by atoms with Gasteiger partial charge in [-0.25, -0.2) is 0 Å². The van der Waals surface area contributed by atoms with Gasteiger partial charge in [-0.1, -0.05) is 29.8 Å². The number of halogens is 1. The van der Waals surface area contributed by atoms with Crippen LogP contribution in [0.25, 0.3) is 0 Å². The summed E-state index contributed by atoms with van der Waals surface area (Å²) in [5, 5.41) is 0.115. The van der Waals surface area contributed by atoms with Gasteiger partial charge in [0.05, 0.1) is 6.42 Å². The van der Waals surface area contributed by atoms with Gasteiger partial charge in [0, 0.05) is 19.0 Å². The van der Waals surface area contributed by atoms with E-state index in [1.807, 2.05) is 39.1 Å². The minimum atomic E-state index is 0.115. The summed E-state index contributed by atoms with van der Waals surface area (Å²) in [5.74, 6) is 0.146. The molecule has 0 N–H and O–H groups in total. The molecule has 1 aromatic carbocycles. The third-order valence-electron chi connectivity index (χ3n) is 2.73. The molecule has 17 heavy (non-hydrogen) atoms. The van der Waals surface area contributed by atoms with E-state index in [1.54, 1.807) is 4.90 Å². The molecule has 0 fully saturated rings. The summed E-state index contributed by atoms with van der Waals surface area (Å²) in [7, 11) is 1.83. The third kappa shape index (κ3) is 5.22. The molecule has 1 unspecified atom stereocenters. The number of benzene rings is 1. The van der Waals surface area contributed by atoms with Crippen molar-refractivity contribution in [2.45, 2.75) is 32.1 Å². The summed E-state index contributed by atoms with van der Waals surface area (Å²) >= 11 is 5.87. The van der Waals surface area contributed by atoms with Crippen molar-refractivity contribution in [3.05, 3.63) is 35.4 Å². The first-order chi connectivity index (χ1) is 7.99. The van der Waals surface area contributed by atoms with Crippen LogP contribution in [-0.4, -0.2) is 29.8 Å². The second-order valence-corrected chi connectivity index (χ2v) is 5.30. The number of amides is 1. The summed E-state index contributed by atoms with van der Waals surface area (Å²) in [6.07, 6.45) is 1.30. The van der Waals surface area contributed by atoms with Gasteiger partial charge in [0.1, 0.15) is 0 Å². The van der Waals surface area contributed by atoms with E-state index in [2.05, 4.69) is 6.07 Å².